The molecule has 116 valence electrons. The number of nitrogens with one attached hydrogen (secondary N) is 2. The Morgan fingerprint density at radius 1 is 1.29 bits per heavy atom. The Morgan fingerprint density at radius 3 is 2.43 bits per heavy atom. The molecular formula is C15H23N3O3. The average molecular weight is 293 g/mol. The lowest BCUT2D eigenvalue weighted by molar-refractivity contribution is -0.147. The van der Waals surface area contributed by atoms with Gasteiger partial charge in [0.15, 0.2) is 0 Å². The van der Waals surface area contributed by atoms with Gasteiger partial charge in [-0.15, -0.1) is 0 Å². The number of aliphatic carboxylic acids is 1. The van der Waals surface area contributed by atoms with Gasteiger partial charge in [-0.2, -0.15) is 0 Å². The summed E-state index contributed by atoms with van der Waals surface area (Å²) < 4.78 is 0. The Kier molecular flexibility index (Phi) is 5.72. The van der Waals surface area contributed by atoms with Crippen molar-refractivity contribution in [3.8, 4) is 0 Å². The zero-order valence-electron chi connectivity index (χ0n) is 12.9. The van der Waals surface area contributed by atoms with Crippen LogP contribution in [0.1, 0.15) is 26.3 Å². The van der Waals surface area contributed by atoms with E-state index in [9.17, 15) is 14.7 Å². The van der Waals surface area contributed by atoms with Crippen LogP contribution in [0, 0.1) is 0 Å². The summed E-state index contributed by atoms with van der Waals surface area (Å²) >= 11 is 0. The molecule has 2 amide bonds. The number of carboxylic acid groups (broad SMARTS) is 1. The van der Waals surface area contributed by atoms with Gasteiger partial charge in [-0.1, -0.05) is 18.2 Å². The van der Waals surface area contributed by atoms with Gasteiger partial charge in [0.2, 0.25) is 0 Å². The Hall–Kier alpha value is -2.08. The number of likely N-dealkylation sites (N-methyl/N-ethyl adjacent to an activating group) is 1. The van der Waals surface area contributed by atoms with Crippen LogP contribution in [0.3, 0.4) is 0 Å². The van der Waals surface area contributed by atoms with Crippen LogP contribution in [0.15, 0.2) is 24.3 Å². The van der Waals surface area contributed by atoms with Crippen LogP contribution >= 0.6 is 0 Å². The normalized spacial score (nSPS) is 11.0. The van der Waals surface area contributed by atoms with E-state index in [4.69, 9.17) is 0 Å². The Bertz CT molecular complexity index is 515. The van der Waals surface area contributed by atoms with Gasteiger partial charge in [0.25, 0.3) is 0 Å². The minimum Gasteiger partial charge on any atom is -0.480 e. The van der Waals surface area contributed by atoms with Crippen molar-refractivity contribution in [2.24, 2.45) is 0 Å². The number of hydrogen-bond acceptors (Lipinski definition) is 3. The van der Waals surface area contributed by atoms with Crippen molar-refractivity contribution in [3.63, 3.8) is 0 Å². The number of rotatable bonds is 6. The predicted octanol–water partition coefficient (Wildman–Crippen LogP) is 2.12. The Labute approximate surface area is 125 Å². The number of nitrogens with zero attached hydrogens (tertiary/aromatic N) is 1. The molecule has 0 fully saturated rings. The summed E-state index contributed by atoms with van der Waals surface area (Å²) in [6, 6.07) is 7.00. The quantitative estimate of drug-likeness (QED) is 0.750. The van der Waals surface area contributed by atoms with Crippen LogP contribution in [0.5, 0.6) is 0 Å². The highest BCUT2D eigenvalue weighted by Crippen LogP contribution is 2.19. The molecule has 3 N–H and O–H groups in total. The molecule has 21 heavy (non-hydrogen) atoms. The molecule has 1 rings (SSSR count). The van der Waals surface area contributed by atoms with Gasteiger partial charge in [-0.3, -0.25) is 0 Å². The molecule has 0 saturated carbocycles. The lowest BCUT2D eigenvalue weighted by Gasteiger charge is -2.34. The van der Waals surface area contributed by atoms with Crippen molar-refractivity contribution >= 4 is 17.7 Å². The van der Waals surface area contributed by atoms with Gasteiger partial charge in [-0.25, -0.2) is 9.59 Å². The van der Waals surface area contributed by atoms with E-state index in [1.807, 2.05) is 25.2 Å². The molecule has 0 spiro atoms. The second kappa shape index (κ2) is 7.08. The average Bonchev–Trinajstić information content (AvgIpc) is 2.41. The summed E-state index contributed by atoms with van der Waals surface area (Å²) in [4.78, 5) is 25.0. The third kappa shape index (κ3) is 3.95. The maximum atomic E-state index is 12.4. The predicted molar refractivity (Wildman–Crippen MR) is 82.3 cm³/mol. The number of anilines is 1. The summed E-state index contributed by atoms with van der Waals surface area (Å²) in [7, 11) is 1.82. The summed E-state index contributed by atoms with van der Waals surface area (Å²) in [5.74, 6) is -1.04. The molecule has 6 heteroatoms. The van der Waals surface area contributed by atoms with Gasteiger partial charge in [0, 0.05) is 18.8 Å². The molecule has 6 nitrogen and oxygen atoms in total. The first-order chi connectivity index (χ1) is 9.84. The number of carbonyl (C=O) groups is 2. The van der Waals surface area contributed by atoms with Crippen molar-refractivity contribution < 1.29 is 14.7 Å². The molecule has 0 heterocycles. The van der Waals surface area contributed by atoms with Crippen molar-refractivity contribution in [3.05, 3.63) is 29.8 Å². The molecule has 0 aliphatic carbocycles. The highest BCUT2D eigenvalue weighted by Gasteiger charge is 2.37. The van der Waals surface area contributed by atoms with E-state index in [0.29, 0.717) is 18.8 Å². The first-order valence-corrected chi connectivity index (χ1v) is 6.89. The van der Waals surface area contributed by atoms with Crippen LogP contribution in [-0.2, 0) is 11.3 Å². The van der Waals surface area contributed by atoms with Crippen LogP contribution in [0.2, 0.25) is 0 Å². The maximum absolute atomic E-state index is 12.4. The summed E-state index contributed by atoms with van der Waals surface area (Å²) in [6.45, 7) is 5.70. The minimum absolute atomic E-state index is 0.305. The molecule has 0 saturated heterocycles. The molecule has 0 atom stereocenters. The fourth-order valence-corrected chi connectivity index (χ4v) is 2.08. The van der Waals surface area contributed by atoms with Gasteiger partial charge in [0.05, 0.1) is 0 Å². The molecule has 1 aromatic carbocycles. The maximum Gasteiger partial charge on any atom is 0.329 e. The minimum atomic E-state index is -1.27. The largest absolute Gasteiger partial charge is 0.480 e. The SMILES string of the molecule is CCN(C(=O)Nc1ccccc1CNC)C(C)(C)C(=O)O. The van der Waals surface area contributed by atoms with Crippen LogP contribution < -0.4 is 10.6 Å². The fourth-order valence-electron chi connectivity index (χ4n) is 2.08. The summed E-state index contributed by atoms with van der Waals surface area (Å²) in [5.41, 5.74) is 0.352. The second-order valence-electron chi connectivity index (χ2n) is 5.23. The number of urea groups is 1. The van der Waals surface area contributed by atoms with E-state index in [-0.39, 0.29) is 0 Å². The van der Waals surface area contributed by atoms with Gasteiger partial charge < -0.3 is 20.6 Å². The second-order valence-corrected chi connectivity index (χ2v) is 5.23. The van der Waals surface area contributed by atoms with E-state index in [1.165, 1.54) is 18.7 Å². The molecule has 0 unspecified atom stereocenters. The molecule has 1 aromatic rings. The summed E-state index contributed by atoms with van der Waals surface area (Å²) in [5, 5.41) is 15.1. The van der Waals surface area contributed by atoms with E-state index < -0.39 is 17.5 Å². The number of hydrogen-bond donors (Lipinski definition) is 3. The van der Waals surface area contributed by atoms with E-state index >= 15 is 0 Å². The van der Waals surface area contributed by atoms with Crippen molar-refractivity contribution in [1.82, 2.24) is 10.2 Å². The summed E-state index contributed by atoms with van der Waals surface area (Å²) in [6.07, 6.45) is 0. The van der Waals surface area contributed by atoms with E-state index in [0.717, 1.165) is 5.56 Å². The lowest BCUT2D eigenvalue weighted by Crippen LogP contribution is -2.54. The first-order valence-electron chi connectivity index (χ1n) is 6.89. The zero-order valence-corrected chi connectivity index (χ0v) is 12.9. The third-order valence-corrected chi connectivity index (χ3v) is 3.39. The smallest absolute Gasteiger partial charge is 0.329 e. The van der Waals surface area contributed by atoms with Gasteiger partial charge >= 0.3 is 12.0 Å². The van der Waals surface area contributed by atoms with Crippen LogP contribution in [0.25, 0.3) is 0 Å². The molecule has 0 aliphatic rings. The standard InChI is InChI=1S/C15H23N3O3/c1-5-18(15(2,3)13(19)20)14(21)17-12-9-7-6-8-11(12)10-16-4/h6-9,16H,5,10H2,1-4H3,(H,17,21)(H,19,20). The highest BCUT2D eigenvalue weighted by atomic mass is 16.4. The first kappa shape index (κ1) is 17.0. The Balaban J connectivity index is 2.96. The van der Waals surface area contributed by atoms with Crippen molar-refractivity contribution in [2.45, 2.75) is 32.9 Å². The third-order valence-electron chi connectivity index (χ3n) is 3.39. The molecule has 0 aromatic heterocycles. The van der Waals surface area contributed by atoms with Crippen molar-refractivity contribution in [1.29, 1.82) is 0 Å². The van der Waals surface area contributed by atoms with Gasteiger partial charge in [-0.05, 0) is 39.4 Å². The van der Waals surface area contributed by atoms with E-state index in [2.05, 4.69) is 10.6 Å². The monoisotopic (exact) mass is 293 g/mol. The number of benzene rings is 1. The highest BCUT2D eigenvalue weighted by molar-refractivity contribution is 5.94. The number of carboxylic acids is 1. The number of amides is 2. The van der Waals surface area contributed by atoms with Crippen LogP contribution in [0.4, 0.5) is 10.5 Å². The van der Waals surface area contributed by atoms with Crippen LogP contribution in [-0.4, -0.2) is 41.1 Å². The fraction of sp³-hybridized carbons (Fsp3) is 0.467. The van der Waals surface area contributed by atoms with E-state index in [1.54, 1.807) is 13.0 Å². The topological polar surface area (TPSA) is 81.7 Å². The zero-order chi connectivity index (χ0) is 16.0. The molecule has 0 bridgehead atoms. The van der Waals surface area contributed by atoms with Crippen molar-refractivity contribution in [2.75, 3.05) is 18.9 Å². The lowest BCUT2D eigenvalue weighted by atomic mass is 10.0. The molecule has 0 aliphatic heterocycles. The van der Waals surface area contributed by atoms with Gasteiger partial charge in [0.1, 0.15) is 5.54 Å². The number of para-hydroxylation sites is 1. The molecular weight excluding hydrogens is 270 g/mol. The molecule has 0 radical (unpaired) electrons. The Morgan fingerprint density at radius 2 is 1.90 bits per heavy atom. The number of carbonyl (C=O) groups excluding carboxylic acids is 1.